The Morgan fingerprint density at radius 3 is 2.38 bits per heavy atom. The highest BCUT2D eigenvalue weighted by Gasteiger charge is 2.28. The van der Waals surface area contributed by atoms with Gasteiger partial charge in [0.2, 0.25) is 5.91 Å². The zero-order valence-corrected chi connectivity index (χ0v) is 11.4. The van der Waals surface area contributed by atoms with Crippen LogP contribution in [0, 0.1) is 11.3 Å². The second-order valence-electron chi connectivity index (χ2n) is 5.58. The Kier molecular flexibility index (Phi) is 6.34. The van der Waals surface area contributed by atoms with Crippen LogP contribution in [0.25, 0.3) is 0 Å². The van der Waals surface area contributed by atoms with Crippen LogP contribution in [0.5, 0.6) is 0 Å². The average molecular weight is 249 g/mol. The lowest BCUT2D eigenvalue weighted by Crippen LogP contribution is -2.43. The van der Waals surface area contributed by atoms with Gasteiger partial charge >= 0.3 is 0 Å². The average Bonchev–Trinajstić information content (AvgIpc) is 2.20. The Morgan fingerprint density at radius 1 is 1.44 bits per heavy atom. The van der Waals surface area contributed by atoms with E-state index in [1.54, 1.807) is 0 Å². The molecule has 0 aliphatic heterocycles. The summed E-state index contributed by atoms with van der Waals surface area (Å²) in [7, 11) is 0. The van der Waals surface area contributed by atoms with Gasteiger partial charge < -0.3 is 11.1 Å². The first kappa shape index (κ1) is 15.7. The number of halogens is 1. The van der Waals surface area contributed by atoms with Crippen LogP contribution in [0.3, 0.4) is 0 Å². The van der Waals surface area contributed by atoms with Crippen molar-refractivity contribution in [2.45, 2.75) is 52.5 Å². The van der Waals surface area contributed by atoms with Gasteiger partial charge in [0.05, 0.1) is 0 Å². The summed E-state index contributed by atoms with van der Waals surface area (Å²) in [5.41, 5.74) is 5.92. The molecule has 0 aromatic heterocycles. The smallest absolute Gasteiger partial charge is 0.224 e. The molecule has 0 radical (unpaired) electrons. The van der Waals surface area contributed by atoms with E-state index in [-0.39, 0.29) is 24.2 Å². The van der Waals surface area contributed by atoms with Crippen LogP contribution in [-0.4, -0.2) is 18.5 Å². The van der Waals surface area contributed by atoms with Crippen molar-refractivity contribution in [3.63, 3.8) is 0 Å². The second-order valence-corrected chi connectivity index (χ2v) is 5.58. The fourth-order valence-electron chi connectivity index (χ4n) is 1.99. The molecule has 3 N–H and O–H groups in total. The van der Waals surface area contributed by atoms with Crippen molar-refractivity contribution in [1.82, 2.24) is 5.32 Å². The van der Waals surface area contributed by atoms with E-state index in [9.17, 15) is 4.79 Å². The maximum absolute atomic E-state index is 11.6. The van der Waals surface area contributed by atoms with Gasteiger partial charge in [-0.2, -0.15) is 0 Å². The lowest BCUT2D eigenvalue weighted by atomic mass is 9.75. The van der Waals surface area contributed by atoms with Crippen molar-refractivity contribution < 1.29 is 4.79 Å². The first-order valence-corrected chi connectivity index (χ1v) is 5.95. The van der Waals surface area contributed by atoms with Crippen LogP contribution >= 0.6 is 12.4 Å². The number of nitrogens with two attached hydrogens (primary N) is 1. The molecule has 0 heterocycles. The standard InChI is InChI=1S/C12H24N2O.ClH/c1-9(8-13)11(15)14-10-4-6-12(2,3)7-5-10;/h9-10H,4-8,13H2,1-3H3,(H,14,15);1H. The quantitative estimate of drug-likeness (QED) is 0.804. The second kappa shape index (κ2) is 6.45. The SMILES string of the molecule is CC(CN)C(=O)NC1CCC(C)(C)CC1.Cl. The number of amides is 1. The monoisotopic (exact) mass is 248 g/mol. The van der Waals surface area contributed by atoms with Crippen LogP contribution in [0.15, 0.2) is 0 Å². The van der Waals surface area contributed by atoms with Gasteiger partial charge in [0.25, 0.3) is 0 Å². The first-order chi connectivity index (χ1) is 6.94. The Balaban J connectivity index is 0.00000225. The maximum atomic E-state index is 11.6. The predicted molar refractivity (Wildman–Crippen MR) is 69.6 cm³/mol. The van der Waals surface area contributed by atoms with Gasteiger partial charge in [-0.3, -0.25) is 4.79 Å². The lowest BCUT2D eigenvalue weighted by molar-refractivity contribution is -0.125. The highest BCUT2D eigenvalue weighted by Crippen LogP contribution is 2.34. The third-order valence-electron chi connectivity index (χ3n) is 3.49. The summed E-state index contributed by atoms with van der Waals surface area (Å²) in [6.07, 6.45) is 4.62. The lowest BCUT2D eigenvalue weighted by Gasteiger charge is -2.35. The van der Waals surface area contributed by atoms with E-state index in [1.807, 2.05) is 6.92 Å². The van der Waals surface area contributed by atoms with Gasteiger partial charge in [-0.25, -0.2) is 0 Å². The minimum absolute atomic E-state index is 0. The van der Waals surface area contributed by atoms with Crippen molar-refractivity contribution in [3.8, 4) is 0 Å². The first-order valence-electron chi connectivity index (χ1n) is 5.95. The normalized spacial score (nSPS) is 22.0. The summed E-state index contributed by atoms with van der Waals surface area (Å²) in [6.45, 7) is 6.91. The van der Waals surface area contributed by atoms with Crippen LogP contribution in [0.2, 0.25) is 0 Å². The van der Waals surface area contributed by atoms with Crippen LogP contribution < -0.4 is 11.1 Å². The minimum atomic E-state index is -0.0556. The third-order valence-corrected chi connectivity index (χ3v) is 3.49. The molecule has 4 heteroatoms. The molecule has 0 saturated heterocycles. The summed E-state index contributed by atoms with van der Waals surface area (Å²) >= 11 is 0. The summed E-state index contributed by atoms with van der Waals surface area (Å²) in [5.74, 6) is 0.0575. The molecule has 1 unspecified atom stereocenters. The molecule has 0 spiro atoms. The zero-order chi connectivity index (χ0) is 11.5. The molecule has 1 aliphatic carbocycles. The highest BCUT2D eigenvalue weighted by molar-refractivity contribution is 5.85. The maximum Gasteiger partial charge on any atom is 0.224 e. The number of carbonyl (C=O) groups is 1. The van der Waals surface area contributed by atoms with Crippen LogP contribution in [-0.2, 0) is 4.79 Å². The molecule has 1 saturated carbocycles. The summed E-state index contributed by atoms with van der Waals surface area (Å²) in [5, 5.41) is 3.09. The van der Waals surface area contributed by atoms with E-state index >= 15 is 0 Å². The van der Waals surface area contributed by atoms with Crippen molar-refractivity contribution in [1.29, 1.82) is 0 Å². The van der Waals surface area contributed by atoms with E-state index < -0.39 is 0 Å². The number of rotatable bonds is 3. The van der Waals surface area contributed by atoms with Crippen LogP contribution in [0.1, 0.15) is 46.5 Å². The molecule has 96 valence electrons. The van der Waals surface area contributed by atoms with E-state index in [4.69, 9.17) is 5.73 Å². The molecule has 0 bridgehead atoms. The minimum Gasteiger partial charge on any atom is -0.353 e. The molecule has 1 amide bonds. The predicted octanol–water partition coefficient (Wildman–Crippen LogP) is 2.09. The van der Waals surface area contributed by atoms with Crippen molar-refractivity contribution in [2.24, 2.45) is 17.1 Å². The topological polar surface area (TPSA) is 55.1 Å². The number of hydrogen-bond acceptors (Lipinski definition) is 2. The van der Waals surface area contributed by atoms with Gasteiger partial charge in [0.15, 0.2) is 0 Å². The summed E-state index contributed by atoms with van der Waals surface area (Å²) in [6, 6.07) is 0.375. The Morgan fingerprint density at radius 2 is 1.94 bits per heavy atom. The largest absolute Gasteiger partial charge is 0.353 e. The van der Waals surface area contributed by atoms with Gasteiger partial charge in [-0.15, -0.1) is 12.4 Å². The van der Waals surface area contributed by atoms with E-state index in [1.165, 1.54) is 12.8 Å². The molecular formula is C12H25ClN2O. The van der Waals surface area contributed by atoms with Crippen LogP contribution in [0.4, 0.5) is 0 Å². The van der Waals surface area contributed by atoms with Gasteiger partial charge in [0, 0.05) is 18.5 Å². The highest BCUT2D eigenvalue weighted by atomic mass is 35.5. The molecule has 16 heavy (non-hydrogen) atoms. The molecule has 0 aromatic carbocycles. The molecule has 1 aliphatic rings. The number of nitrogens with one attached hydrogen (secondary N) is 1. The molecule has 3 nitrogen and oxygen atoms in total. The van der Waals surface area contributed by atoms with E-state index in [0.29, 0.717) is 18.0 Å². The third kappa shape index (κ3) is 4.71. The van der Waals surface area contributed by atoms with Gasteiger partial charge in [-0.1, -0.05) is 20.8 Å². The number of hydrogen-bond donors (Lipinski definition) is 2. The fraction of sp³-hybridized carbons (Fsp3) is 0.917. The molecule has 1 rings (SSSR count). The summed E-state index contributed by atoms with van der Waals surface area (Å²) in [4.78, 5) is 11.6. The molecule has 0 aromatic rings. The molecular weight excluding hydrogens is 224 g/mol. The fourth-order valence-corrected chi connectivity index (χ4v) is 1.99. The van der Waals surface area contributed by atoms with Crippen molar-refractivity contribution in [2.75, 3.05) is 6.54 Å². The van der Waals surface area contributed by atoms with Crippen molar-refractivity contribution >= 4 is 18.3 Å². The number of carbonyl (C=O) groups excluding carboxylic acids is 1. The summed E-state index contributed by atoms with van der Waals surface area (Å²) < 4.78 is 0. The Labute approximate surface area is 105 Å². The zero-order valence-electron chi connectivity index (χ0n) is 10.6. The van der Waals surface area contributed by atoms with E-state index in [2.05, 4.69) is 19.2 Å². The van der Waals surface area contributed by atoms with Gasteiger partial charge in [-0.05, 0) is 31.1 Å². The Hall–Kier alpha value is -0.280. The van der Waals surface area contributed by atoms with Gasteiger partial charge in [0.1, 0.15) is 0 Å². The van der Waals surface area contributed by atoms with Crippen molar-refractivity contribution in [3.05, 3.63) is 0 Å². The molecule has 1 atom stereocenters. The molecule has 1 fully saturated rings. The van der Waals surface area contributed by atoms with E-state index in [0.717, 1.165) is 12.8 Å². The Bertz CT molecular complexity index is 221.